The number of piperazine rings is 1. The van der Waals surface area contributed by atoms with Crippen LogP contribution in [0.15, 0.2) is 72.8 Å². The van der Waals surface area contributed by atoms with E-state index in [1.807, 2.05) is 54.6 Å². The van der Waals surface area contributed by atoms with Gasteiger partial charge < -0.3 is 10.1 Å². The van der Waals surface area contributed by atoms with Crippen LogP contribution in [0.4, 0.5) is 13.2 Å². The molecule has 1 fully saturated rings. The Morgan fingerprint density at radius 2 is 1.58 bits per heavy atom. The molecule has 7 heteroatoms. The van der Waals surface area contributed by atoms with E-state index < -0.39 is 17.8 Å². The lowest BCUT2D eigenvalue weighted by atomic mass is 9.94. The number of hydrogen-bond donors (Lipinski definition) is 1. The summed E-state index contributed by atoms with van der Waals surface area (Å²) in [7, 11) is 0. The van der Waals surface area contributed by atoms with Crippen LogP contribution in [0.25, 0.3) is 0 Å². The number of halogens is 4. The fourth-order valence-corrected chi connectivity index (χ4v) is 4.05. The molecule has 1 saturated heterocycles. The molecule has 3 nitrogen and oxygen atoms in total. The zero-order valence-electron chi connectivity index (χ0n) is 16.7. The Kier molecular flexibility index (Phi) is 6.51. The molecule has 1 atom stereocenters. The van der Waals surface area contributed by atoms with Crippen molar-refractivity contribution in [2.75, 3.05) is 26.2 Å². The molecule has 162 valence electrons. The van der Waals surface area contributed by atoms with Gasteiger partial charge in [0.25, 0.3) is 0 Å². The van der Waals surface area contributed by atoms with Crippen LogP contribution in [0.1, 0.15) is 22.7 Å². The van der Waals surface area contributed by atoms with E-state index in [4.69, 9.17) is 16.3 Å². The van der Waals surface area contributed by atoms with Gasteiger partial charge in [-0.05, 0) is 53.6 Å². The van der Waals surface area contributed by atoms with Gasteiger partial charge >= 0.3 is 6.18 Å². The molecule has 3 aromatic carbocycles. The highest BCUT2D eigenvalue weighted by Crippen LogP contribution is 2.39. The van der Waals surface area contributed by atoms with E-state index in [1.54, 1.807) is 0 Å². The highest BCUT2D eigenvalue weighted by Gasteiger charge is 2.33. The van der Waals surface area contributed by atoms with Crippen LogP contribution < -0.4 is 10.1 Å². The van der Waals surface area contributed by atoms with Gasteiger partial charge in [-0.3, -0.25) is 4.90 Å². The fourth-order valence-electron chi connectivity index (χ4n) is 3.83. The van der Waals surface area contributed by atoms with E-state index in [2.05, 4.69) is 10.2 Å². The lowest BCUT2D eigenvalue weighted by Gasteiger charge is -2.36. The standard InChI is InChI=1S/C24H22ClF3N2O/c25-22-10-9-18(24(26,27)28)16-21(22)23(30-13-11-29-12-14-30)17-5-4-8-20(15-17)31-19-6-2-1-3-7-19/h1-10,15-16,23,29H,11-14H2. The summed E-state index contributed by atoms with van der Waals surface area (Å²) < 4.78 is 46.2. The fraction of sp³-hybridized carbons (Fsp3) is 0.250. The zero-order chi connectivity index (χ0) is 21.8. The van der Waals surface area contributed by atoms with Crippen molar-refractivity contribution < 1.29 is 17.9 Å². The van der Waals surface area contributed by atoms with Gasteiger partial charge in [0.15, 0.2) is 0 Å². The van der Waals surface area contributed by atoms with Crippen LogP contribution in [0.2, 0.25) is 5.02 Å². The first-order valence-electron chi connectivity index (χ1n) is 10.1. The summed E-state index contributed by atoms with van der Waals surface area (Å²) >= 11 is 6.44. The first kappa shape index (κ1) is 21.7. The number of benzene rings is 3. The van der Waals surface area contributed by atoms with Gasteiger partial charge in [0.05, 0.1) is 11.6 Å². The summed E-state index contributed by atoms with van der Waals surface area (Å²) in [6, 6.07) is 19.9. The maximum Gasteiger partial charge on any atom is 0.416 e. The van der Waals surface area contributed by atoms with Crippen molar-refractivity contribution in [2.45, 2.75) is 12.2 Å². The average molecular weight is 447 g/mol. The van der Waals surface area contributed by atoms with E-state index in [0.29, 0.717) is 35.2 Å². The van der Waals surface area contributed by atoms with E-state index >= 15 is 0 Å². The molecule has 0 aromatic heterocycles. The molecule has 1 N–H and O–H groups in total. The van der Waals surface area contributed by atoms with Crippen LogP contribution >= 0.6 is 11.6 Å². The Bertz CT molecular complexity index is 1020. The Morgan fingerprint density at radius 1 is 0.871 bits per heavy atom. The number of nitrogens with zero attached hydrogens (tertiary/aromatic N) is 1. The van der Waals surface area contributed by atoms with Crippen LogP contribution in [0.3, 0.4) is 0 Å². The number of nitrogens with one attached hydrogen (secondary N) is 1. The summed E-state index contributed by atoms with van der Waals surface area (Å²) in [6.45, 7) is 2.91. The van der Waals surface area contributed by atoms with Gasteiger partial charge in [-0.25, -0.2) is 0 Å². The third-order valence-electron chi connectivity index (χ3n) is 5.29. The normalized spacial score (nSPS) is 16.1. The van der Waals surface area contributed by atoms with Gasteiger partial charge in [-0.2, -0.15) is 13.2 Å². The number of rotatable bonds is 5. The molecular formula is C24H22ClF3N2O. The lowest BCUT2D eigenvalue weighted by molar-refractivity contribution is -0.137. The van der Waals surface area contributed by atoms with Crippen molar-refractivity contribution >= 4 is 11.6 Å². The van der Waals surface area contributed by atoms with Crippen LogP contribution in [-0.4, -0.2) is 31.1 Å². The second-order valence-electron chi connectivity index (χ2n) is 7.41. The minimum Gasteiger partial charge on any atom is -0.457 e. The molecule has 3 aromatic rings. The minimum absolute atomic E-state index is 0.311. The summed E-state index contributed by atoms with van der Waals surface area (Å²) in [4.78, 5) is 2.15. The van der Waals surface area contributed by atoms with Gasteiger partial charge in [-0.15, -0.1) is 0 Å². The first-order chi connectivity index (χ1) is 14.9. The van der Waals surface area contributed by atoms with E-state index in [-0.39, 0.29) is 0 Å². The topological polar surface area (TPSA) is 24.5 Å². The third-order valence-corrected chi connectivity index (χ3v) is 5.63. The monoisotopic (exact) mass is 446 g/mol. The Hall–Kier alpha value is -2.54. The summed E-state index contributed by atoms with van der Waals surface area (Å²) in [5.41, 5.74) is 0.565. The van der Waals surface area contributed by atoms with Gasteiger partial charge in [0.2, 0.25) is 0 Å². The molecule has 1 aliphatic rings. The predicted molar refractivity (Wildman–Crippen MR) is 116 cm³/mol. The van der Waals surface area contributed by atoms with Gasteiger partial charge in [-0.1, -0.05) is 41.9 Å². The van der Waals surface area contributed by atoms with Crippen LogP contribution in [0.5, 0.6) is 11.5 Å². The van der Waals surface area contributed by atoms with Crippen molar-refractivity contribution in [3.05, 3.63) is 94.5 Å². The molecule has 1 heterocycles. The maximum atomic E-state index is 13.4. The summed E-state index contributed by atoms with van der Waals surface area (Å²) in [5.74, 6) is 1.31. The van der Waals surface area contributed by atoms with E-state index in [0.717, 1.165) is 24.7 Å². The van der Waals surface area contributed by atoms with Crippen molar-refractivity contribution in [1.29, 1.82) is 0 Å². The molecule has 1 unspecified atom stereocenters. The third kappa shape index (κ3) is 5.21. The Labute approximate surface area is 184 Å². The highest BCUT2D eigenvalue weighted by atomic mass is 35.5. The predicted octanol–water partition coefficient (Wildman–Crippen LogP) is 6.15. The van der Waals surface area contributed by atoms with Crippen LogP contribution in [-0.2, 0) is 6.18 Å². The number of hydrogen-bond acceptors (Lipinski definition) is 3. The molecule has 1 aliphatic heterocycles. The van der Waals surface area contributed by atoms with Gasteiger partial charge in [0.1, 0.15) is 11.5 Å². The Balaban J connectivity index is 1.75. The molecular weight excluding hydrogens is 425 g/mol. The van der Waals surface area contributed by atoms with Crippen molar-refractivity contribution in [2.24, 2.45) is 0 Å². The number of para-hydroxylation sites is 1. The lowest BCUT2D eigenvalue weighted by Crippen LogP contribution is -2.45. The molecule has 0 bridgehead atoms. The second kappa shape index (κ2) is 9.30. The molecule has 0 aliphatic carbocycles. The number of alkyl halides is 3. The van der Waals surface area contributed by atoms with Crippen molar-refractivity contribution in [3.63, 3.8) is 0 Å². The second-order valence-corrected chi connectivity index (χ2v) is 7.82. The molecule has 0 amide bonds. The molecule has 0 radical (unpaired) electrons. The SMILES string of the molecule is FC(F)(F)c1ccc(Cl)c(C(c2cccc(Oc3ccccc3)c2)N2CCNCC2)c1. The molecule has 0 spiro atoms. The van der Waals surface area contributed by atoms with E-state index in [9.17, 15) is 13.2 Å². The summed E-state index contributed by atoms with van der Waals surface area (Å²) in [5, 5.41) is 3.60. The van der Waals surface area contributed by atoms with Gasteiger partial charge in [0, 0.05) is 31.2 Å². The number of ether oxygens (including phenoxy) is 1. The quantitative estimate of drug-likeness (QED) is 0.509. The zero-order valence-corrected chi connectivity index (χ0v) is 17.5. The minimum atomic E-state index is -4.44. The summed E-state index contributed by atoms with van der Waals surface area (Å²) in [6.07, 6.45) is -4.44. The van der Waals surface area contributed by atoms with Crippen molar-refractivity contribution in [3.8, 4) is 11.5 Å². The first-order valence-corrected chi connectivity index (χ1v) is 10.4. The average Bonchev–Trinajstić information content (AvgIpc) is 2.76. The smallest absolute Gasteiger partial charge is 0.416 e. The Morgan fingerprint density at radius 3 is 2.29 bits per heavy atom. The van der Waals surface area contributed by atoms with E-state index in [1.165, 1.54) is 12.1 Å². The molecule has 0 saturated carbocycles. The van der Waals surface area contributed by atoms with Crippen molar-refractivity contribution in [1.82, 2.24) is 10.2 Å². The maximum absolute atomic E-state index is 13.4. The highest BCUT2D eigenvalue weighted by molar-refractivity contribution is 6.31. The largest absolute Gasteiger partial charge is 0.457 e. The molecule has 4 rings (SSSR count). The molecule has 31 heavy (non-hydrogen) atoms. The van der Waals surface area contributed by atoms with Crippen LogP contribution in [0, 0.1) is 0 Å².